The van der Waals surface area contributed by atoms with Crippen molar-refractivity contribution < 1.29 is 19.1 Å². The molecule has 0 saturated heterocycles. The van der Waals surface area contributed by atoms with E-state index in [1.807, 2.05) is 6.07 Å². The van der Waals surface area contributed by atoms with Gasteiger partial charge in [0.1, 0.15) is 15.0 Å². The second-order valence-electron chi connectivity index (χ2n) is 6.08. The predicted molar refractivity (Wildman–Crippen MR) is 112 cm³/mol. The number of halogens is 1. The minimum Gasteiger partial charge on any atom is -0.466 e. The van der Waals surface area contributed by atoms with E-state index in [1.54, 1.807) is 31.2 Å². The molecule has 0 spiro atoms. The van der Waals surface area contributed by atoms with Gasteiger partial charge in [0.2, 0.25) is 0 Å². The number of hydrogen-bond acceptors (Lipinski definition) is 8. The Hall–Kier alpha value is -3.35. The fourth-order valence-corrected chi connectivity index (χ4v) is 4.51. The van der Waals surface area contributed by atoms with Gasteiger partial charge >= 0.3 is 11.9 Å². The topological polar surface area (TPSA) is 124 Å². The number of nitriles is 1. The molecule has 1 aromatic heterocycles. The number of carbonyl (C=O) groups is 2. The molecular weight excluding hydrogens is 430 g/mol. The quantitative estimate of drug-likeness (QED) is 0.686. The fraction of sp³-hybridized carbons (Fsp3) is 0.200. The number of allylic oxidation sites excluding steroid dienone is 1. The Kier molecular flexibility index (Phi) is 6.10. The van der Waals surface area contributed by atoms with Crippen molar-refractivity contribution in [1.82, 2.24) is 4.57 Å². The van der Waals surface area contributed by atoms with Crippen molar-refractivity contribution in [2.24, 2.45) is 5.73 Å². The van der Waals surface area contributed by atoms with Gasteiger partial charge in [-0.3, -0.25) is 9.36 Å². The lowest BCUT2D eigenvalue weighted by Gasteiger charge is -2.25. The van der Waals surface area contributed by atoms with Crippen LogP contribution in [0.1, 0.15) is 18.4 Å². The maximum Gasteiger partial charge on any atom is 0.338 e. The Labute approximate surface area is 179 Å². The van der Waals surface area contributed by atoms with Crippen LogP contribution in [0, 0.1) is 11.3 Å². The van der Waals surface area contributed by atoms with Crippen molar-refractivity contribution in [3.63, 3.8) is 0 Å². The first-order valence-electron chi connectivity index (χ1n) is 8.73. The smallest absolute Gasteiger partial charge is 0.338 e. The number of nitrogens with zero attached hydrogens (tertiary/aromatic N) is 2. The minimum absolute atomic E-state index is 0.00121. The van der Waals surface area contributed by atoms with E-state index in [9.17, 15) is 19.6 Å². The summed E-state index contributed by atoms with van der Waals surface area (Å²) in [5, 5.41) is 10.1. The molecule has 1 aliphatic heterocycles. The van der Waals surface area contributed by atoms with Crippen molar-refractivity contribution in [2.45, 2.75) is 12.8 Å². The van der Waals surface area contributed by atoms with Gasteiger partial charge in [0.15, 0.2) is 0 Å². The van der Waals surface area contributed by atoms with Gasteiger partial charge in [-0.15, -0.1) is 11.3 Å². The van der Waals surface area contributed by atoms with Crippen molar-refractivity contribution in [3.05, 3.63) is 60.0 Å². The molecule has 1 atom stereocenters. The van der Waals surface area contributed by atoms with Gasteiger partial charge in [0, 0.05) is 11.1 Å². The van der Waals surface area contributed by atoms with E-state index in [0.717, 1.165) is 22.0 Å². The number of fused-ring (bicyclic) bond motifs is 1. The molecule has 1 aliphatic rings. The van der Waals surface area contributed by atoms with Gasteiger partial charge in [-0.25, -0.2) is 9.59 Å². The van der Waals surface area contributed by atoms with Gasteiger partial charge in [-0.2, -0.15) is 5.26 Å². The van der Waals surface area contributed by atoms with E-state index >= 15 is 0 Å². The molecule has 8 nitrogen and oxygen atoms in total. The lowest BCUT2D eigenvalue weighted by atomic mass is 9.84. The van der Waals surface area contributed by atoms with Gasteiger partial charge in [0.25, 0.3) is 5.56 Å². The monoisotopic (exact) mass is 445 g/mol. The fourth-order valence-electron chi connectivity index (χ4n) is 3.14. The highest BCUT2D eigenvalue weighted by molar-refractivity contribution is 7.07. The first-order chi connectivity index (χ1) is 14.3. The molecule has 3 rings (SSSR count). The van der Waals surface area contributed by atoms with E-state index in [-0.39, 0.29) is 32.8 Å². The molecule has 2 aromatic rings. The molecule has 154 valence electrons. The average molecular weight is 446 g/mol. The predicted octanol–water partition coefficient (Wildman–Crippen LogP) is 0.679. The number of aromatic nitrogens is 1. The van der Waals surface area contributed by atoms with E-state index in [2.05, 4.69) is 4.74 Å². The molecule has 0 aliphatic carbocycles. The van der Waals surface area contributed by atoms with Crippen molar-refractivity contribution >= 4 is 52.3 Å². The van der Waals surface area contributed by atoms with Crippen LogP contribution in [0.3, 0.4) is 0 Å². The first-order valence-corrected chi connectivity index (χ1v) is 9.92. The van der Waals surface area contributed by atoms with Crippen LogP contribution in [-0.2, 0) is 19.1 Å². The molecule has 1 aromatic carbocycles. The Morgan fingerprint density at radius 2 is 2.10 bits per heavy atom. The van der Waals surface area contributed by atoms with Crippen LogP contribution in [0.15, 0.2) is 34.6 Å². The van der Waals surface area contributed by atoms with E-state index in [1.165, 1.54) is 7.11 Å². The van der Waals surface area contributed by atoms with Crippen LogP contribution < -0.4 is 20.5 Å². The van der Waals surface area contributed by atoms with Crippen molar-refractivity contribution in [1.29, 1.82) is 5.26 Å². The third-order valence-electron chi connectivity index (χ3n) is 4.43. The summed E-state index contributed by atoms with van der Waals surface area (Å²) in [7, 11) is 1.18. The van der Waals surface area contributed by atoms with Gasteiger partial charge in [-0.1, -0.05) is 29.8 Å². The number of nitrogens with two attached hydrogens (primary N) is 1. The van der Waals surface area contributed by atoms with Gasteiger partial charge < -0.3 is 15.2 Å². The van der Waals surface area contributed by atoms with Crippen LogP contribution in [0.4, 0.5) is 0 Å². The van der Waals surface area contributed by atoms with Crippen LogP contribution in [-0.4, -0.2) is 30.2 Å². The Balaban J connectivity index is 2.50. The zero-order valence-corrected chi connectivity index (χ0v) is 17.5. The maximum atomic E-state index is 12.9. The molecular formula is C20H16ClN3O5S. The molecule has 0 amide bonds. The molecule has 10 heteroatoms. The van der Waals surface area contributed by atoms with Crippen LogP contribution >= 0.6 is 22.9 Å². The summed E-state index contributed by atoms with van der Waals surface area (Å²) in [6.45, 7) is 1.72. The van der Waals surface area contributed by atoms with Crippen LogP contribution in [0.25, 0.3) is 17.5 Å². The highest BCUT2D eigenvalue weighted by Crippen LogP contribution is 2.39. The van der Waals surface area contributed by atoms with E-state index < -0.39 is 23.4 Å². The second-order valence-corrected chi connectivity index (χ2v) is 7.52. The number of thiazole rings is 1. The number of carbonyl (C=O) groups excluding carboxylic acids is 2. The number of methoxy groups -OCH3 is 1. The normalized spacial score (nSPS) is 16.1. The van der Waals surface area contributed by atoms with Crippen LogP contribution in [0.5, 0.6) is 0 Å². The summed E-state index contributed by atoms with van der Waals surface area (Å²) < 4.78 is 11.0. The van der Waals surface area contributed by atoms with Crippen LogP contribution in [0.2, 0.25) is 5.02 Å². The average Bonchev–Trinajstić information content (AvgIpc) is 3.04. The standard InChI is InChI=1S/C20H16ClN3O5S/c1-3-29-20(27)16-15(10-6-4-5-7-12(10)21)11(9-22)17(23)24-18(26)13(30-19(16)24)8-14(25)28-2/h4-8,15H,3,23H2,1-2H3/b13-8-/t15-/m1/s1. The summed E-state index contributed by atoms with van der Waals surface area (Å²) in [4.78, 5) is 37.5. The Morgan fingerprint density at radius 3 is 2.70 bits per heavy atom. The third-order valence-corrected chi connectivity index (χ3v) is 5.88. The highest BCUT2D eigenvalue weighted by atomic mass is 35.5. The highest BCUT2D eigenvalue weighted by Gasteiger charge is 2.37. The Morgan fingerprint density at radius 1 is 1.40 bits per heavy atom. The molecule has 2 heterocycles. The molecule has 0 unspecified atom stereocenters. The van der Waals surface area contributed by atoms with Crippen molar-refractivity contribution in [2.75, 3.05) is 13.7 Å². The van der Waals surface area contributed by atoms with E-state index in [0.29, 0.717) is 10.6 Å². The Bertz CT molecular complexity index is 1300. The summed E-state index contributed by atoms with van der Waals surface area (Å²) >= 11 is 7.23. The SMILES string of the molecule is CCOC(=O)C1=c2s/c(=C\C(=O)OC)c(=O)n2C(N)=C(C#N)[C@H]1c1ccccc1Cl. The summed E-state index contributed by atoms with van der Waals surface area (Å²) in [5.74, 6) is -2.54. The molecule has 0 fully saturated rings. The van der Waals surface area contributed by atoms with E-state index in [4.69, 9.17) is 22.1 Å². The molecule has 30 heavy (non-hydrogen) atoms. The number of ether oxygens (including phenoxy) is 2. The largest absolute Gasteiger partial charge is 0.466 e. The van der Waals surface area contributed by atoms with Crippen molar-refractivity contribution in [3.8, 4) is 6.07 Å². The summed E-state index contributed by atoms with van der Waals surface area (Å²) in [6.07, 6.45) is 1.00. The summed E-state index contributed by atoms with van der Waals surface area (Å²) in [5.41, 5.74) is 6.02. The molecule has 0 saturated carbocycles. The van der Waals surface area contributed by atoms with Gasteiger partial charge in [-0.05, 0) is 18.6 Å². The molecule has 0 bridgehead atoms. The number of hydrogen-bond donors (Lipinski definition) is 1. The minimum atomic E-state index is -0.938. The van der Waals surface area contributed by atoms with Gasteiger partial charge in [0.05, 0.1) is 36.9 Å². The zero-order valence-electron chi connectivity index (χ0n) is 16.0. The number of esters is 2. The maximum absolute atomic E-state index is 12.9. The second kappa shape index (κ2) is 8.57. The third kappa shape index (κ3) is 3.51. The number of rotatable bonds is 4. The summed E-state index contributed by atoms with van der Waals surface area (Å²) in [6, 6.07) is 8.71. The lowest BCUT2D eigenvalue weighted by molar-refractivity contribution is -0.136. The zero-order chi connectivity index (χ0) is 22.0. The first kappa shape index (κ1) is 21.4. The lowest BCUT2D eigenvalue weighted by Crippen LogP contribution is -2.40. The molecule has 2 N–H and O–H groups in total. The number of benzene rings is 1. The molecule has 0 radical (unpaired) electrons.